The fraction of sp³-hybridized carbons (Fsp3) is 0.0667. The third-order valence-electron chi connectivity index (χ3n) is 2.73. The van der Waals surface area contributed by atoms with Gasteiger partial charge in [0.1, 0.15) is 0 Å². The molecule has 2 rings (SSSR count). The fourth-order valence-corrected chi connectivity index (χ4v) is 1.63. The lowest BCUT2D eigenvalue weighted by molar-refractivity contribution is 0.0955. The van der Waals surface area contributed by atoms with Crippen LogP contribution >= 0.6 is 0 Å². The molecule has 0 aliphatic rings. The number of nitrogens with two attached hydrogens (primary N) is 1. The summed E-state index contributed by atoms with van der Waals surface area (Å²) in [6.07, 6.45) is 1.34. The molecule has 3 N–H and O–H groups in total. The number of hydrazone groups is 1. The van der Waals surface area contributed by atoms with Crippen LogP contribution in [-0.2, 0) is 0 Å². The SMILES string of the molecule is COc1ccc(/C=N\NC(=O)c2ccc(N)cc2)cc1F. The van der Waals surface area contributed by atoms with Crippen molar-refractivity contribution in [1.29, 1.82) is 0 Å². The lowest BCUT2D eigenvalue weighted by Crippen LogP contribution is -2.17. The molecule has 1 amide bonds. The van der Waals surface area contributed by atoms with E-state index in [1.54, 1.807) is 30.3 Å². The van der Waals surface area contributed by atoms with E-state index in [1.807, 2.05) is 0 Å². The molecule has 0 aromatic heterocycles. The van der Waals surface area contributed by atoms with Crippen molar-refractivity contribution in [3.8, 4) is 5.75 Å². The Morgan fingerprint density at radius 3 is 2.62 bits per heavy atom. The first-order valence-corrected chi connectivity index (χ1v) is 6.12. The maximum Gasteiger partial charge on any atom is 0.271 e. The summed E-state index contributed by atoms with van der Waals surface area (Å²) in [5.74, 6) is -0.718. The summed E-state index contributed by atoms with van der Waals surface area (Å²) in [5, 5.41) is 3.77. The molecule has 0 radical (unpaired) electrons. The molecule has 2 aromatic carbocycles. The predicted octanol–water partition coefficient (Wildman–Crippen LogP) is 2.18. The summed E-state index contributed by atoms with van der Waals surface area (Å²) in [6, 6.07) is 10.8. The van der Waals surface area contributed by atoms with Crippen molar-refractivity contribution >= 4 is 17.8 Å². The molecule has 2 aromatic rings. The molecular formula is C15H14FN3O2. The molecule has 0 bridgehead atoms. The van der Waals surface area contributed by atoms with E-state index in [0.29, 0.717) is 16.8 Å². The number of hydrogen-bond acceptors (Lipinski definition) is 4. The van der Waals surface area contributed by atoms with Crippen molar-refractivity contribution in [3.05, 3.63) is 59.4 Å². The standard InChI is InChI=1S/C15H14FN3O2/c1-21-14-7-2-10(8-13(14)16)9-18-19-15(20)11-3-5-12(17)6-4-11/h2-9H,17H2,1H3,(H,19,20)/b18-9-. The zero-order chi connectivity index (χ0) is 15.2. The molecule has 0 heterocycles. The van der Waals surface area contributed by atoms with E-state index in [1.165, 1.54) is 25.5 Å². The quantitative estimate of drug-likeness (QED) is 0.514. The number of carbonyl (C=O) groups is 1. The van der Waals surface area contributed by atoms with Gasteiger partial charge in [0.25, 0.3) is 5.91 Å². The number of halogens is 1. The molecular weight excluding hydrogens is 273 g/mol. The van der Waals surface area contributed by atoms with Crippen LogP contribution in [0.3, 0.4) is 0 Å². The Bertz CT molecular complexity index is 669. The van der Waals surface area contributed by atoms with Gasteiger partial charge in [0.05, 0.1) is 13.3 Å². The molecule has 6 heteroatoms. The summed E-state index contributed by atoms with van der Waals surface area (Å²) in [5.41, 5.74) is 9.40. The van der Waals surface area contributed by atoms with E-state index in [2.05, 4.69) is 10.5 Å². The Balaban J connectivity index is 2.00. The Labute approximate surface area is 121 Å². The topological polar surface area (TPSA) is 76.7 Å². The second-order valence-electron chi connectivity index (χ2n) is 4.22. The Morgan fingerprint density at radius 2 is 2.00 bits per heavy atom. The van der Waals surface area contributed by atoms with E-state index in [0.717, 1.165) is 0 Å². The third kappa shape index (κ3) is 3.79. The molecule has 5 nitrogen and oxygen atoms in total. The van der Waals surface area contributed by atoms with Crippen LogP contribution < -0.4 is 15.9 Å². The molecule has 0 atom stereocenters. The van der Waals surface area contributed by atoms with Crippen molar-refractivity contribution in [2.24, 2.45) is 5.10 Å². The minimum atomic E-state index is -0.494. The molecule has 0 fully saturated rings. The minimum Gasteiger partial charge on any atom is -0.494 e. The molecule has 0 aliphatic heterocycles. The van der Waals surface area contributed by atoms with Crippen LogP contribution in [0.1, 0.15) is 15.9 Å². The fourth-order valence-electron chi connectivity index (χ4n) is 1.63. The lowest BCUT2D eigenvalue weighted by Gasteiger charge is -2.02. The highest BCUT2D eigenvalue weighted by Gasteiger charge is 2.04. The van der Waals surface area contributed by atoms with E-state index < -0.39 is 5.82 Å². The monoisotopic (exact) mass is 287 g/mol. The summed E-state index contributed by atoms with van der Waals surface area (Å²) in [4.78, 5) is 11.8. The third-order valence-corrected chi connectivity index (χ3v) is 2.73. The minimum absolute atomic E-state index is 0.151. The van der Waals surface area contributed by atoms with Gasteiger partial charge in [-0.1, -0.05) is 0 Å². The highest BCUT2D eigenvalue weighted by Crippen LogP contribution is 2.16. The van der Waals surface area contributed by atoms with Gasteiger partial charge in [0.15, 0.2) is 11.6 Å². The van der Waals surface area contributed by atoms with Gasteiger partial charge in [0, 0.05) is 11.3 Å². The van der Waals surface area contributed by atoms with E-state index in [4.69, 9.17) is 10.5 Å². The molecule has 0 spiro atoms. The summed E-state index contributed by atoms with van der Waals surface area (Å²) in [6.45, 7) is 0. The van der Waals surface area contributed by atoms with E-state index >= 15 is 0 Å². The maximum atomic E-state index is 13.5. The number of nitrogens with one attached hydrogen (secondary N) is 1. The number of nitrogen functional groups attached to an aromatic ring is 1. The van der Waals surface area contributed by atoms with Crippen molar-refractivity contribution in [2.45, 2.75) is 0 Å². The molecule has 0 unspecified atom stereocenters. The van der Waals surface area contributed by atoms with Crippen LogP contribution in [0.15, 0.2) is 47.6 Å². The smallest absolute Gasteiger partial charge is 0.271 e. The number of ether oxygens (including phenoxy) is 1. The van der Waals surface area contributed by atoms with Gasteiger partial charge in [-0.2, -0.15) is 5.10 Å². The zero-order valence-corrected chi connectivity index (χ0v) is 11.3. The molecule has 21 heavy (non-hydrogen) atoms. The Kier molecular flexibility index (Phi) is 4.50. The average molecular weight is 287 g/mol. The largest absolute Gasteiger partial charge is 0.494 e. The van der Waals surface area contributed by atoms with Gasteiger partial charge in [-0.15, -0.1) is 0 Å². The van der Waals surface area contributed by atoms with Crippen molar-refractivity contribution in [3.63, 3.8) is 0 Å². The number of rotatable bonds is 4. The van der Waals surface area contributed by atoms with Crippen LogP contribution in [0.25, 0.3) is 0 Å². The molecule has 0 saturated heterocycles. The molecule has 0 aliphatic carbocycles. The van der Waals surface area contributed by atoms with Crippen LogP contribution in [0.4, 0.5) is 10.1 Å². The van der Waals surface area contributed by atoms with Gasteiger partial charge in [0.2, 0.25) is 0 Å². The van der Waals surface area contributed by atoms with Crippen LogP contribution in [0, 0.1) is 5.82 Å². The number of amides is 1. The Morgan fingerprint density at radius 1 is 1.29 bits per heavy atom. The van der Waals surface area contributed by atoms with Crippen molar-refractivity contribution in [2.75, 3.05) is 12.8 Å². The summed E-state index contributed by atoms with van der Waals surface area (Å²) < 4.78 is 18.3. The number of nitrogens with zero attached hydrogens (tertiary/aromatic N) is 1. The number of benzene rings is 2. The second kappa shape index (κ2) is 6.51. The zero-order valence-electron chi connectivity index (χ0n) is 11.3. The maximum absolute atomic E-state index is 13.5. The summed E-state index contributed by atoms with van der Waals surface area (Å²) >= 11 is 0. The number of hydrogen-bond donors (Lipinski definition) is 2. The number of methoxy groups -OCH3 is 1. The van der Waals surface area contributed by atoms with E-state index in [9.17, 15) is 9.18 Å². The highest BCUT2D eigenvalue weighted by molar-refractivity contribution is 5.95. The number of anilines is 1. The van der Waals surface area contributed by atoms with Gasteiger partial charge >= 0.3 is 0 Å². The normalized spacial score (nSPS) is 10.6. The van der Waals surface area contributed by atoms with Crippen LogP contribution in [0.2, 0.25) is 0 Å². The van der Waals surface area contributed by atoms with Gasteiger partial charge in [-0.3, -0.25) is 4.79 Å². The predicted molar refractivity (Wildman–Crippen MR) is 78.9 cm³/mol. The van der Waals surface area contributed by atoms with Gasteiger partial charge < -0.3 is 10.5 Å². The van der Waals surface area contributed by atoms with Gasteiger partial charge in [-0.05, 0) is 48.0 Å². The van der Waals surface area contributed by atoms with Crippen molar-refractivity contribution in [1.82, 2.24) is 5.43 Å². The van der Waals surface area contributed by atoms with Crippen LogP contribution in [-0.4, -0.2) is 19.2 Å². The first-order chi connectivity index (χ1) is 10.1. The van der Waals surface area contributed by atoms with E-state index in [-0.39, 0.29) is 11.7 Å². The Hall–Kier alpha value is -2.89. The molecule has 108 valence electrons. The molecule has 0 saturated carbocycles. The summed E-state index contributed by atoms with van der Waals surface area (Å²) in [7, 11) is 1.39. The second-order valence-corrected chi connectivity index (χ2v) is 4.22. The first kappa shape index (κ1) is 14.5. The average Bonchev–Trinajstić information content (AvgIpc) is 2.48. The highest BCUT2D eigenvalue weighted by atomic mass is 19.1. The lowest BCUT2D eigenvalue weighted by atomic mass is 10.2. The van der Waals surface area contributed by atoms with Crippen LogP contribution in [0.5, 0.6) is 5.75 Å². The van der Waals surface area contributed by atoms with Crippen molar-refractivity contribution < 1.29 is 13.9 Å². The number of carbonyl (C=O) groups excluding carboxylic acids is 1. The first-order valence-electron chi connectivity index (χ1n) is 6.12. The van der Waals surface area contributed by atoms with Gasteiger partial charge in [-0.25, -0.2) is 9.82 Å².